The Labute approximate surface area is 84.8 Å². The van der Waals surface area contributed by atoms with Crippen LogP contribution in [0.15, 0.2) is 30.6 Å². The number of benzene rings is 1. The molecule has 1 aromatic heterocycles. The first-order valence-electron chi connectivity index (χ1n) is 5.21. The van der Waals surface area contributed by atoms with E-state index in [2.05, 4.69) is 37.0 Å². The number of hydrogen-bond donors (Lipinski definition) is 0. The lowest BCUT2D eigenvalue weighted by atomic mass is 9.99. The normalized spacial score (nSPS) is 10.7. The highest BCUT2D eigenvalue weighted by atomic mass is 14.6. The van der Waals surface area contributed by atoms with E-state index in [1.165, 1.54) is 21.9 Å². The molecule has 0 aliphatic heterocycles. The molecule has 0 saturated carbocycles. The van der Waals surface area contributed by atoms with E-state index >= 15 is 0 Å². The highest BCUT2D eigenvalue weighted by Gasteiger charge is 2.03. The first kappa shape index (κ1) is 9.20. The summed E-state index contributed by atoms with van der Waals surface area (Å²) in [5.74, 6) is 0. The molecule has 0 radical (unpaired) electrons. The topological polar surface area (TPSA) is 12.9 Å². The van der Waals surface area contributed by atoms with Gasteiger partial charge in [0.25, 0.3) is 0 Å². The van der Waals surface area contributed by atoms with Crippen molar-refractivity contribution in [2.45, 2.75) is 26.7 Å². The van der Waals surface area contributed by atoms with E-state index in [4.69, 9.17) is 0 Å². The van der Waals surface area contributed by atoms with Crippen molar-refractivity contribution in [2.24, 2.45) is 0 Å². The van der Waals surface area contributed by atoms with Crippen LogP contribution in [0.5, 0.6) is 0 Å². The molecule has 1 heterocycles. The fourth-order valence-electron chi connectivity index (χ4n) is 1.95. The third-order valence-corrected chi connectivity index (χ3v) is 2.71. The van der Waals surface area contributed by atoms with Crippen molar-refractivity contribution < 1.29 is 0 Å². The van der Waals surface area contributed by atoms with Gasteiger partial charge in [0.1, 0.15) is 0 Å². The van der Waals surface area contributed by atoms with E-state index in [-0.39, 0.29) is 0 Å². The van der Waals surface area contributed by atoms with Crippen molar-refractivity contribution in [1.82, 2.24) is 4.98 Å². The molecular weight excluding hydrogens is 170 g/mol. The highest BCUT2D eigenvalue weighted by Crippen LogP contribution is 2.22. The first-order chi connectivity index (χ1) is 6.86. The van der Waals surface area contributed by atoms with Crippen molar-refractivity contribution in [1.29, 1.82) is 0 Å². The number of fused-ring (bicyclic) bond motifs is 1. The molecule has 72 valence electrons. The lowest BCUT2D eigenvalue weighted by Gasteiger charge is -2.07. The summed E-state index contributed by atoms with van der Waals surface area (Å²) in [6.07, 6.45) is 6.09. The number of rotatable bonds is 2. The maximum Gasteiger partial charge on any atom is 0.0346 e. The number of aryl methyl sites for hydroxylation is 2. The van der Waals surface area contributed by atoms with E-state index in [0.29, 0.717) is 0 Å². The molecule has 0 atom stereocenters. The Morgan fingerprint density at radius 1 is 1.00 bits per heavy atom. The Hall–Kier alpha value is -1.37. The second-order valence-corrected chi connectivity index (χ2v) is 3.52. The summed E-state index contributed by atoms with van der Waals surface area (Å²) < 4.78 is 0. The minimum absolute atomic E-state index is 1.06. The maximum absolute atomic E-state index is 4.26. The predicted molar refractivity (Wildman–Crippen MR) is 60.5 cm³/mol. The van der Waals surface area contributed by atoms with Crippen LogP contribution in [0.4, 0.5) is 0 Å². The number of hydrogen-bond acceptors (Lipinski definition) is 1. The molecule has 0 spiro atoms. The lowest BCUT2D eigenvalue weighted by molar-refractivity contribution is 1.10. The fraction of sp³-hybridized carbons (Fsp3) is 0.308. The summed E-state index contributed by atoms with van der Waals surface area (Å²) in [5.41, 5.74) is 2.79. The summed E-state index contributed by atoms with van der Waals surface area (Å²) in [5, 5.41) is 2.68. The molecule has 2 rings (SSSR count). The Balaban J connectivity index is 2.81. The summed E-state index contributed by atoms with van der Waals surface area (Å²) >= 11 is 0. The molecule has 0 aliphatic carbocycles. The second kappa shape index (κ2) is 3.79. The highest BCUT2D eigenvalue weighted by molar-refractivity contribution is 5.87. The van der Waals surface area contributed by atoms with Gasteiger partial charge in [0.2, 0.25) is 0 Å². The Kier molecular flexibility index (Phi) is 2.49. The molecule has 0 aliphatic rings. The first-order valence-corrected chi connectivity index (χ1v) is 5.21. The Morgan fingerprint density at radius 2 is 1.79 bits per heavy atom. The zero-order valence-corrected chi connectivity index (χ0v) is 8.75. The monoisotopic (exact) mass is 185 g/mol. The Morgan fingerprint density at radius 3 is 2.50 bits per heavy atom. The molecule has 0 N–H and O–H groups in total. The largest absolute Gasteiger partial charge is 0.264 e. The van der Waals surface area contributed by atoms with Crippen LogP contribution in [-0.2, 0) is 12.8 Å². The van der Waals surface area contributed by atoms with Crippen molar-refractivity contribution in [2.75, 3.05) is 0 Å². The van der Waals surface area contributed by atoms with Crippen LogP contribution in [0.25, 0.3) is 10.8 Å². The van der Waals surface area contributed by atoms with Crippen LogP contribution in [-0.4, -0.2) is 4.98 Å². The number of aromatic nitrogens is 1. The average molecular weight is 185 g/mol. The Bertz CT molecular complexity index is 407. The molecule has 14 heavy (non-hydrogen) atoms. The van der Waals surface area contributed by atoms with E-state index in [1.807, 2.05) is 12.4 Å². The van der Waals surface area contributed by atoms with E-state index in [0.717, 1.165) is 12.8 Å². The molecule has 2 aromatic rings. The molecule has 0 unspecified atom stereocenters. The van der Waals surface area contributed by atoms with Crippen molar-refractivity contribution in [3.8, 4) is 0 Å². The van der Waals surface area contributed by atoms with Crippen molar-refractivity contribution in [3.05, 3.63) is 41.7 Å². The molecule has 0 saturated heterocycles. The molecule has 1 nitrogen and oxygen atoms in total. The van der Waals surface area contributed by atoms with Crippen molar-refractivity contribution in [3.63, 3.8) is 0 Å². The van der Waals surface area contributed by atoms with Gasteiger partial charge in [0, 0.05) is 17.8 Å². The lowest BCUT2D eigenvalue weighted by Crippen LogP contribution is -1.91. The predicted octanol–water partition coefficient (Wildman–Crippen LogP) is 3.36. The number of pyridine rings is 1. The standard InChI is InChI=1S/C13H15N/c1-3-10-6-5-7-12-9-14-8-11(4-2)13(10)12/h5-9H,3-4H2,1-2H3. The average Bonchev–Trinajstić information content (AvgIpc) is 2.27. The molecule has 0 bridgehead atoms. The third-order valence-electron chi connectivity index (χ3n) is 2.71. The maximum atomic E-state index is 4.26. The van der Waals surface area contributed by atoms with Gasteiger partial charge in [-0.05, 0) is 29.4 Å². The summed E-state index contributed by atoms with van der Waals surface area (Å²) in [6.45, 7) is 4.39. The van der Waals surface area contributed by atoms with Gasteiger partial charge < -0.3 is 0 Å². The van der Waals surface area contributed by atoms with Gasteiger partial charge in [-0.3, -0.25) is 4.98 Å². The van der Waals surface area contributed by atoms with Crippen LogP contribution < -0.4 is 0 Å². The molecule has 0 fully saturated rings. The molecule has 1 heteroatoms. The molecule has 0 amide bonds. The van der Waals surface area contributed by atoms with Gasteiger partial charge in [-0.1, -0.05) is 32.0 Å². The summed E-state index contributed by atoms with van der Waals surface area (Å²) in [7, 11) is 0. The second-order valence-electron chi connectivity index (χ2n) is 3.52. The van der Waals surface area contributed by atoms with Crippen LogP contribution in [0.3, 0.4) is 0 Å². The zero-order valence-electron chi connectivity index (χ0n) is 8.75. The summed E-state index contributed by atoms with van der Waals surface area (Å²) in [6, 6.07) is 6.46. The van der Waals surface area contributed by atoms with Gasteiger partial charge in [-0.15, -0.1) is 0 Å². The smallest absolute Gasteiger partial charge is 0.0346 e. The summed E-state index contributed by atoms with van der Waals surface area (Å²) in [4.78, 5) is 4.26. The zero-order chi connectivity index (χ0) is 9.97. The molecule has 1 aromatic carbocycles. The van der Waals surface area contributed by atoms with E-state index in [9.17, 15) is 0 Å². The van der Waals surface area contributed by atoms with Crippen LogP contribution in [0, 0.1) is 0 Å². The van der Waals surface area contributed by atoms with Gasteiger partial charge in [0.05, 0.1) is 0 Å². The third kappa shape index (κ3) is 1.39. The minimum atomic E-state index is 1.06. The fourth-order valence-corrected chi connectivity index (χ4v) is 1.95. The van der Waals surface area contributed by atoms with Crippen LogP contribution in [0.2, 0.25) is 0 Å². The van der Waals surface area contributed by atoms with Gasteiger partial charge >= 0.3 is 0 Å². The van der Waals surface area contributed by atoms with Crippen LogP contribution >= 0.6 is 0 Å². The van der Waals surface area contributed by atoms with Gasteiger partial charge in [-0.25, -0.2) is 0 Å². The van der Waals surface area contributed by atoms with Gasteiger partial charge in [0.15, 0.2) is 0 Å². The minimum Gasteiger partial charge on any atom is -0.264 e. The SMILES string of the molecule is CCc1cccc2cncc(CC)c12. The van der Waals surface area contributed by atoms with Gasteiger partial charge in [-0.2, -0.15) is 0 Å². The van der Waals surface area contributed by atoms with Crippen LogP contribution in [0.1, 0.15) is 25.0 Å². The van der Waals surface area contributed by atoms with Crippen molar-refractivity contribution >= 4 is 10.8 Å². The quantitative estimate of drug-likeness (QED) is 0.699. The van der Waals surface area contributed by atoms with E-state index < -0.39 is 0 Å². The number of nitrogens with zero attached hydrogens (tertiary/aromatic N) is 1. The van der Waals surface area contributed by atoms with E-state index in [1.54, 1.807) is 0 Å². The molecular formula is C13H15N.